The van der Waals surface area contributed by atoms with Crippen LogP contribution in [0, 0.1) is 0 Å². The zero-order valence-corrected chi connectivity index (χ0v) is 11.8. The first-order chi connectivity index (χ1) is 9.29. The highest BCUT2D eigenvalue weighted by atomic mass is 16.3. The average Bonchev–Trinajstić information content (AvgIpc) is 2.91. The van der Waals surface area contributed by atoms with E-state index in [0.717, 1.165) is 5.76 Å². The van der Waals surface area contributed by atoms with Crippen molar-refractivity contribution in [2.24, 2.45) is 0 Å². The molecule has 0 saturated heterocycles. The second-order valence-electron chi connectivity index (χ2n) is 3.79. The van der Waals surface area contributed by atoms with E-state index < -0.39 is 0 Å². The summed E-state index contributed by atoms with van der Waals surface area (Å²) < 4.78 is 5.49. The minimum Gasteiger partial charge on any atom is -0.456 e. The summed E-state index contributed by atoms with van der Waals surface area (Å²) in [6, 6.07) is 13.6. The molecule has 1 amide bonds. The van der Waals surface area contributed by atoms with Crippen LogP contribution in [0.15, 0.2) is 46.9 Å². The van der Waals surface area contributed by atoms with Gasteiger partial charge in [-0.1, -0.05) is 44.2 Å². The fourth-order valence-corrected chi connectivity index (χ4v) is 1.64. The van der Waals surface area contributed by atoms with Gasteiger partial charge in [0.2, 0.25) is 0 Å². The largest absolute Gasteiger partial charge is 0.456 e. The van der Waals surface area contributed by atoms with Crippen molar-refractivity contribution < 1.29 is 9.21 Å². The van der Waals surface area contributed by atoms with Gasteiger partial charge in [-0.3, -0.25) is 4.79 Å². The molecule has 0 fully saturated rings. The molecule has 0 saturated carbocycles. The lowest BCUT2D eigenvalue weighted by Gasteiger charge is -1.99. The highest BCUT2D eigenvalue weighted by molar-refractivity contribution is 5.91. The van der Waals surface area contributed by atoms with Crippen LogP contribution in [-0.2, 0) is 6.42 Å². The SMILES string of the molecule is CC.CCNC(=O)c1ccc(Cc2ccccc2)o1. The van der Waals surface area contributed by atoms with Crippen LogP contribution in [-0.4, -0.2) is 12.5 Å². The van der Waals surface area contributed by atoms with Gasteiger partial charge in [0, 0.05) is 13.0 Å². The van der Waals surface area contributed by atoms with Gasteiger partial charge in [0.05, 0.1) is 0 Å². The van der Waals surface area contributed by atoms with Gasteiger partial charge in [0.25, 0.3) is 5.91 Å². The molecule has 0 aliphatic rings. The normalized spacial score (nSPS) is 9.42. The van der Waals surface area contributed by atoms with Gasteiger partial charge in [0.1, 0.15) is 5.76 Å². The molecule has 2 aromatic rings. The maximum absolute atomic E-state index is 11.5. The van der Waals surface area contributed by atoms with E-state index >= 15 is 0 Å². The van der Waals surface area contributed by atoms with Gasteiger partial charge < -0.3 is 9.73 Å². The molecule has 3 heteroatoms. The van der Waals surface area contributed by atoms with Gasteiger partial charge >= 0.3 is 0 Å². The Kier molecular flexibility index (Phi) is 6.44. The predicted molar refractivity (Wildman–Crippen MR) is 77.3 cm³/mol. The summed E-state index contributed by atoms with van der Waals surface area (Å²) >= 11 is 0. The lowest BCUT2D eigenvalue weighted by atomic mass is 10.1. The minimum absolute atomic E-state index is 0.160. The van der Waals surface area contributed by atoms with Crippen molar-refractivity contribution in [1.29, 1.82) is 0 Å². The van der Waals surface area contributed by atoms with Crippen molar-refractivity contribution in [3.05, 3.63) is 59.5 Å². The maximum atomic E-state index is 11.5. The topological polar surface area (TPSA) is 42.2 Å². The number of hydrogen-bond acceptors (Lipinski definition) is 2. The molecule has 1 heterocycles. The van der Waals surface area contributed by atoms with Crippen LogP contribution in [0.4, 0.5) is 0 Å². The Morgan fingerprint density at radius 2 is 1.79 bits per heavy atom. The Morgan fingerprint density at radius 1 is 1.11 bits per heavy atom. The molecule has 102 valence electrons. The molecule has 0 aliphatic carbocycles. The van der Waals surface area contributed by atoms with Crippen molar-refractivity contribution in [3.63, 3.8) is 0 Å². The smallest absolute Gasteiger partial charge is 0.286 e. The fraction of sp³-hybridized carbons (Fsp3) is 0.312. The Hall–Kier alpha value is -2.03. The van der Waals surface area contributed by atoms with Gasteiger partial charge in [-0.2, -0.15) is 0 Å². The highest BCUT2D eigenvalue weighted by Crippen LogP contribution is 2.13. The van der Waals surface area contributed by atoms with Crippen molar-refractivity contribution in [3.8, 4) is 0 Å². The van der Waals surface area contributed by atoms with Gasteiger partial charge in [-0.25, -0.2) is 0 Å². The van der Waals surface area contributed by atoms with E-state index in [1.165, 1.54) is 5.56 Å². The third-order valence-electron chi connectivity index (χ3n) is 2.44. The van der Waals surface area contributed by atoms with E-state index in [1.54, 1.807) is 6.07 Å². The van der Waals surface area contributed by atoms with Crippen LogP contribution >= 0.6 is 0 Å². The van der Waals surface area contributed by atoms with Gasteiger partial charge in [-0.05, 0) is 24.6 Å². The zero-order valence-electron chi connectivity index (χ0n) is 11.8. The number of benzene rings is 1. The molecule has 0 radical (unpaired) electrons. The van der Waals surface area contributed by atoms with E-state index in [1.807, 2.05) is 57.2 Å². The number of rotatable bonds is 4. The molecule has 1 aromatic heterocycles. The van der Waals surface area contributed by atoms with Crippen LogP contribution in [0.25, 0.3) is 0 Å². The quantitative estimate of drug-likeness (QED) is 0.910. The molecule has 0 atom stereocenters. The van der Waals surface area contributed by atoms with Crippen LogP contribution in [0.1, 0.15) is 42.6 Å². The first kappa shape index (κ1) is 15.0. The van der Waals surface area contributed by atoms with E-state index in [9.17, 15) is 4.79 Å². The minimum atomic E-state index is -0.160. The fourth-order valence-electron chi connectivity index (χ4n) is 1.64. The number of carbonyl (C=O) groups excluding carboxylic acids is 1. The number of carbonyl (C=O) groups is 1. The lowest BCUT2D eigenvalue weighted by molar-refractivity contribution is 0.0926. The number of amides is 1. The molecule has 0 aliphatic heterocycles. The number of nitrogens with one attached hydrogen (secondary N) is 1. The second-order valence-corrected chi connectivity index (χ2v) is 3.79. The third-order valence-corrected chi connectivity index (χ3v) is 2.44. The molecular weight excluding hydrogens is 238 g/mol. The van der Waals surface area contributed by atoms with Crippen LogP contribution in [0.2, 0.25) is 0 Å². The zero-order chi connectivity index (χ0) is 14.1. The van der Waals surface area contributed by atoms with E-state index in [2.05, 4.69) is 5.32 Å². The van der Waals surface area contributed by atoms with Crippen LogP contribution in [0.3, 0.4) is 0 Å². The Labute approximate surface area is 114 Å². The average molecular weight is 259 g/mol. The molecular formula is C16H21NO2. The molecule has 2 rings (SSSR count). The molecule has 19 heavy (non-hydrogen) atoms. The predicted octanol–water partition coefficient (Wildman–Crippen LogP) is 3.65. The molecule has 1 N–H and O–H groups in total. The van der Waals surface area contributed by atoms with Crippen LogP contribution in [0.5, 0.6) is 0 Å². The van der Waals surface area contributed by atoms with E-state index in [-0.39, 0.29) is 5.91 Å². The third kappa shape index (κ3) is 4.62. The molecule has 1 aromatic carbocycles. The summed E-state index contributed by atoms with van der Waals surface area (Å²) in [5, 5.41) is 2.71. The molecule has 0 bridgehead atoms. The lowest BCUT2D eigenvalue weighted by Crippen LogP contribution is -2.21. The molecule has 3 nitrogen and oxygen atoms in total. The maximum Gasteiger partial charge on any atom is 0.286 e. The van der Waals surface area contributed by atoms with Gasteiger partial charge in [-0.15, -0.1) is 0 Å². The summed E-state index contributed by atoms with van der Waals surface area (Å²) in [6.07, 6.45) is 0.709. The first-order valence-corrected chi connectivity index (χ1v) is 6.70. The highest BCUT2D eigenvalue weighted by Gasteiger charge is 2.09. The van der Waals surface area contributed by atoms with Crippen molar-refractivity contribution in [1.82, 2.24) is 5.32 Å². The summed E-state index contributed by atoms with van der Waals surface area (Å²) in [6.45, 7) is 6.49. The van der Waals surface area contributed by atoms with Crippen LogP contribution < -0.4 is 5.32 Å². The summed E-state index contributed by atoms with van der Waals surface area (Å²) in [7, 11) is 0. The monoisotopic (exact) mass is 259 g/mol. The number of furan rings is 1. The molecule has 0 unspecified atom stereocenters. The van der Waals surface area contributed by atoms with Gasteiger partial charge in [0.15, 0.2) is 5.76 Å². The second kappa shape index (κ2) is 8.14. The Balaban J connectivity index is 0.000000861. The number of hydrogen-bond donors (Lipinski definition) is 1. The van der Waals surface area contributed by atoms with Crippen molar-refractivity contribution in [2.75, 3.05) is 6.54 Å². The summed E-state index contributed by atoms with van der Waals surface area (Å²) in [5.74, 6) is 1.02. The summed E-state index contributed by atoms with van der Waals surface area (Å²) in [4.78, 5) is 11.5. The van der Waals surface area contributed by atoms with Crippen molar-refractivity contribution >= 4 is 5.91 Å². The Bertz CT molecular complexity index is 488. The summed E-state index contributed by atoms with van der Waals surface area (Å²) in [5.41, 5.74) is 1.17. The standard InChI is InChI=1S/C14H15NO2.C2H6/c1-2-15-14(16)13-9-8-12(17-13)10-11-6-4-3-5-7-11;1-2/h3-9H,2,10H2,1H3,(H,15,16);1-2H3. The van der Waals surface area contributed by atoms with E-state index in [0.29, 0.717) is 18.7 Å². The Morgan fingerprint density at radius 3 is 2.42 bits per heavy atom. The van der Waals surface area contributed by atoms with Crippen molar-refractivity contribution in [2.45, 2.75) is 27.2 Å². The van der Waals surface area contributed by atoms with E-state index in [4.69, 9.17) is 4.42 Å². The first-order valence-electron chi connectivity index (χ1n) is 6.70. The molecule has 0 spiro atoms.